The number of hydrogen-bond acceptors (Lipinski definition) is 2. The molecule has 0 aliphatic carbocycles. The normalized spacial score (nSPS) is 13.1. The van der Waals surface area contributed by atoms with Crippen LogP contribution in [0, 0.1) is 11.0 Å². The maximum absolute atomic E-state index is 12.4. The third kappa shape index (κ3) is 1.97. The van der Waals surface area contributed by atoms with Gasteiger partial charge in [0, 0.05) is 6.07 Å². The van der Waals surface area contributed by atoms with Crippen molar-refractivity contribution in [3.05, 3.63) is 33.7 Å². The molecule has 0 saturated heterocycles. The van der Waals surface area contributed by atoms with Crippen LogP contribution in [0.1, 0.15) is 0 Å². The lowest BCUT2D eigenvalue weighted by Crippen LogP contribution is -2.99. The molecule has 0 spiro atoms. The summed E-state index contributed by atoms with van der Waals surface area (Å²) in [6.45, 7) is 0. The molecule has 1 rings (SSSR count). The summed E-state index contributed by atoms with van der Waals surface area (Å²) in [6.07, 6.45) is 0. The topological polar surface area (TPSA) is 47.7 Å². The van der Waals surface area contributed by atoms with E-state index in [1.807, 2.05) is 0 Å². The zero-order chi connectivity index (χ0) is 8.43. The van der Waals surface area contributed by atoms with Crippen LogP contribution in [0.3, 0.4) is 0 Å². The van der Waals surface area contributed by atoms with Gasteiger partial charge in [0.15, 0.2) is 5.69 Å². The van der Waals surface area contributed by atoms with Gasteiger partial charge in [-0.3, -0.25) is 0 Å². The summed E-state index contributed by atoms with van der Waals surface area (Å²) >= 11 is 2.93. The molecular weight excluding hydrogens is 217 g/mol. The Morgan fingerprint density at radius 1 is 1.55 bits per heavy atom. The molecule has 60 valence electrons. The van der Waals surface area contributed by atoms with Crippen molar-refractivity contribution in [3.8, 4) is 0 Å². The smallest absolute Gasteiger partial charge is 0.178 e. The van der Waals surface area contributed by atoms with Crippen LogP contribution < -0.4 is 5.23 Å². The third-order valence-corrected chi connectivity index (χ3v) is 1.82. The Morgan fingerprint density at radius 2 is 2.18 bits per heavy atom. The van der Waals surface area contributed by atoms with E-state index in [-0.39, 0.29) is 10.2 Å². The van der Waals surface area contributed by atoms with Crippen LogP contribution in [0.5, 0.6) is 0 Å². The van der Waals surface area contributed by atoms with Crippen LogP contribution >= 0.6 is 15.9 Å². The Kier molecular flexibility index (Phi) is 2.56. The van der Waals surface area contributed by atoms with Gasteiger partial charge in [-0.15, -0.1) is 0 Å². The van der Waals surface area contributed by atoms with Gasteiger partial charge in [-0.05, 0) is 28.1 Å². The Bertz CT molecular complexity index is 267. The van der Waals surface area contributed by atoms with Crippen LogP contribution in [0.25, 0.3) is 0 Å². The predicted octanol–water partition coefficient (Wildman–Crippen LogP) is 0.992. The van der Waals surface area contributed by atoms with Crippen molar-refractivity contribution in [2.24, 2.45) is 0 Å². The molecule has 11 heavy (non-hydrogen) atoms. The molecule has 1 atom stereocenters. The van der Waals surface area contributed by atoms with E-state index >= 15 is 0 Å². The highest BCUT2D eigenvalue weighted by Gasteiger charge is 2.06. The van der Waals surface area contributed by atoms with E-state index in [0.29, 0.717) is 0 Å². The summed E-state index contributed by atoms with van der Waals surface area (Å²) < 4.78 is 12.6. The second-order valence-electron chi connectivity index (χ2n) is 1.93. The minimum absolute atomic E-state index is 0.0615. The van der Waals surface area contributed by atoms with Gasteiger partial charge in [-0.2, -0.15) is 5.23 Å². The van der Waals surface area contributed by atoms with E-state index in [1.165, 1.54) is 6.07 Å². The van der Waals surface area contributed by atoms with Crippen LogP contribution in [0.2, 0.25) is 0 Å². The molecule has 5 heteroatoms. The number of nitrogens with one attached hydrogen (secondary N) is 1. The van der Waals surface area contributed by atoms with Gasteiger partial charge in [0.1, 0.15) is 5.82 Å². The van der Waals surface area contributed by atoms with Gasteiger partial charge in [0.25, 0.3) is 0 Å². The highest BCUT2D eigenvalue weighted by atomic mass is 79.9. The van der Waals surface area contributed by atoms with Gasteiger partial charge >= 0.3 is 0 Å². The first-order chi connectivity index (χ1) is 5.11. The quantitative estimate of drug-likeness (QED) is 0.696. The minimum atomic E-state index is -1.07. The second kappa shape index (κ2) is 3.27. The van der Waals surface area contributed by atoms with Crippen molar-refractivity contribution < 1.29 is 14.8 Å². The molecule has 0 radical (unpaired) electrons. The van der Waals surface area contributed by atoms with Gasteiger partial charge in [-0.25, -0.2) is 9.60 Å². The molecule has 1 unspecified atom stereocenters. The number of halogens is 2. The Morgan fingerprint density at radius 3 is 2.64 bits per heavy atom. The zero-order valence-electron chi connectivity index (χ0n) is 5.34. The highest BCUT2D eigenvalue weighted by Crippen LogP contribution is 2.18. The zero-order valence-corrected chi connectivity index (χ0v) is 6.93. The molecule has 0 saturated carbocycles. The second-order valence-corrected chi connectivity index (χ2v) is 2.78. The lowest BCUT2D eigenvalue weighted by Gasteiger charge is -2.12. The van der Waals surface area contributed by atoms with Crippen LogP contribution in [0.4, 0.5) is 10.1 Å². The SMILES string of the molecule is [O-][NH+](O)c1ccc(F)cc1Br. The van der Waals surface area contributed by atoms with E-state index in [2.05, 4.69) is 15.9 Å². The highest BCUT2D eigenvalue weighted by molar-refractivity contribution is 9.10. The van der Waals surface area contributed by atoms with Crippen molar-refractivity contribution >= 4 is 21.6 Å². The molecule has 1 aromatic carbocycles. The van der Waals surface area contributed by atoms with Crippen LogP contribution in [-0.4, -0.2) is 5.21 Å². The molecule has 0 aliphatic rings. The average molecular weight is 222 g/mol. The third-order valence-electron chi connectivity index (χ3n) is 1.16. The van der Waals surface area contributed by atoms with E-state index in [4.69, 9.17) is 5.21 Å². The molecule has 0 heterocycles. The lowest BCUT2D eigenvalue weighted by molar-refractivity contribution is -0.991. The first kappa shape index (κ1) is 8.61. The van der Waals surface area contributed by atoms with Crippen LogP contribution in [-0.2, 0) is 0 Å². The monoisotopic (exact) mass is 221 g/mol. The molecule has 0 bridgehead atoms. The molecule has 0 aliphatic heterocycles. The number of hydrogen-bond donors (Lipinski definition) is 2. The Hall–Kier alpha value is -0.490. The fourth-order valence-electron chi connectivity index (χ4n) is 0.663. The molecule has 3 nitrogen and oxygen atoms in total. The molecule has 0 aromatic heterocycles. The maximum Gasteiger partial charge on any atom is 0.178 e. The predicted molar refractivity (Wildman–Crippen MR) is 39.9 cm³/mol. The molecular formula is C6H5BrFNO2. The number of benzene rings is 1. The standard InChI is InChI=1S/C6H5BrFNO2/c7-5-3-4(8)1-2-6(5)9(10)11/h1-3,9-10H. The maximum atomic E-state index is 12.4. The number of quaternary nitrogens is 1. The first-order valence-electron chi connectivity index (χ1n) is 2.79. The van der Waals surface area contributed by atoms with E-state index in [1.54, 1.807) is 0 Å². The van der Waals surface area contributed by atoms with E-state index < -0.39 is 11.0 Å². The summed E-state index contributed by atoms with van der Waals surface area (Å²) in [4.78, 5) is 0. The Balaban J connectivity index is 3.09. The largest absolute Gasteiger partial charge is 0.595 e. The fraction of sp³-hybridized carbons (Fsp3) is 0. The molecule has 0 fully saturated rings. The van der Waals surface area contributed by atoms with Gasteiger partial charge in [0.05, 0.1) is 4.47 Å². The molecule has 1 aromatic rings. The van der Waals surface area contributed by atoms with E-state index in [0.717, 1.165) is 12.1 Å². The van der Waals surface area contributed by atoms with Crippen molar-refractivity contribution in [1.82, 2.24) is 0 Å². The van der Waals surface area contributed by atoms with Crippen molar-refractivity contribution in [1.29, 1.82) is 0 Å². The van der Waals surface area contributed by atoms with Gasteiger partial charge in [0.2, 0.25) is 0 Å². The lowest BCUT2D eigenvalue weighted by atomic mass is 10.3. The summed E-state index contributed by atoms with van der Waals surface area (Å²) in [6, 6.07) is 3.43. The molecule has 2 N–H and O–H groups in total. The van der Waals surface area contributed by atoms with Gasteiger partial charge in [-0.1, -0.05) is 0 Å². The van der Waals surface area contributed by atoms with Crippen LogP contribution in [0.15, 0.2) is 22.7 Å². The summed E-state index contributed by atoms with van der Waals surface area (Å²) in [7, 11) is 0. The number of rotatable bonds is 1. The summed E-state index contributed by atoms with van der Waals surface area (Å²) in [5.74, 6) is -0.457. The van der Waals surface area contributed by atoms with Crippen molar-refractivity contribution in [2.45, 2.75) is 0 Å². The van der Waals surface area contributed by atoms with Crippen molar-refractivity contribution in [2.75, 3.05) is 0 Å². The van der Waals surface area contributed by atoms with Crippen molar-refractivity contribution in [3.63, 3.8) is 0 Å². The molecule has 0 amide bonds. The fourth-order valence-corrected chi connectivity index (χ4v) is 1.18. The Labute approximate surface area is 70.7 Å². The van der Waals surface area contributed by atoms with Gasteiger partial charge < -0.3 is 5.21 Å². The minimum Gasteiger partial charge on any atom is -0.595 e. The first-order valence-corrected chi connectivity index (χ1v) is 3.59. The summed E-state index contributed by atoms with van der Waals surface area (Å²) in [5.41, 5.74) is 0.0615. The summed E-state index contributed by atoms with van der Waals surface area (Å²) in [5, 5.41) is 17.8. The van der Waals surface area contributed by atoms with E-state index in [9.17, 15) is 9.60 Å². The average Bonchev–Trinajstić information content (AvgIpc) is 1.85.